The van der Waals surface area contributed by atoms with E-state index >= 15 is 0 Å². The summed E-state index contributed by atoms with van der Waals surface area (Å²) in [7, 11) is 0. The summed E-state index contributed by atoms with van der Waals surface area (Å²) in [5.41, 5.74) is 11.3. The van der Waals surface area contributed by atoms with Crippen LogP contribution in [0, 0.1) is 45.9 Å². The maximum absolute atomic E-state index is 12.7. The van der Waals surface area contributed by atoms with Gasteiger partial charge in [0.2, 0.25) is 0 Å². The molecule has 0 atom stereocenters. The van der Waals surface area contributed by atoms with Crippen molar-refractivity contribution in [2.75, 3.05) is 0 Å². The molecule has 482 valence electrons. The summed E-state index contributed by atoms with van der Waals surface area (Å²) in [6, 6.07) is 49.8. The standard InChI is InChI=1S/C20H19F3S.C19H20S.C14H15F3S.C14H15NS.C13H16S/c1-12-18(19(2,3)4)16-10-7-14(11-17(16)24-12)13-5-8-15(9-6-13)20(21,22)23;1-13-16-11-10-15(14-8-6-5-7-9-14)12-17(16)20-18(13)19(2,3)4;1-8-10-6-5-9(14(15,16)17)7-11(10)18-12(8)13(2,3)4;1-9-11-6-5-10(8-15)7-12(11)16-13(9)14(2,3)4;1-9-10-7-5-6-8-11(10)14-12(9)13(2,3)4/h5-11H,1-4H3;5-12H,1-4H3;5-7H,1-4H3;5-7H,1-4H3;5-8H,1-4H3. The van der Waals surface area contributed by atoms with Crippen LogP contribution in [0.25, 0.3) is 72.7 Å². The summed E-state index contributed by atoms with van der Waals surface area (Å²) in [5, 5.41) is 15.2. The number of hydrogen-bond donors (Lipinski definition) is 0. The van der Waals surface area contributed by atoms with Gasteiger partial charge in [-0.05, 0) is 193 Å². The quantitative estimate of drug-likeness (QED) is 0.158. The molecular weight excluding hydrogens is 1250 g/mol. The summed E-state index contributed by atoms with van der Waals surface area (Å²) in [6.45, 7) is 44.0. The smallest absolute Gasteiger partial charge is 0.192 e. The molecule has 0 saturated carbocycles. The number of thiophene rings is 5. The van der Waals surface area contributed by atoms with Crippen molar-refractivity contribution in [3.63, 3.8) is 0 Å². The maximum atomic E-state index is 12.7. The van der Waals surface area contributed by atoms with Crippen LogP contribution in [0.5, 0.6) is 0 Å². The maximum Gasteiger partial charge on any atom is 0.416 e. The lowest BCUT2D eigenvalue weighted by atomic mass is 9.85. The van der Waals surface area contributed by atoms with Gasteiger partial charge in [-0.3, -0.25) is 0 Å². The average Bonchev–Trinajstić information content (AvgIpc) is 1.65. The van der Waals surface area contributed by atoms with Gasteiger partial charge < -0.3 is 0 Å². The third-order valence-corrected chi connectivity index (χ3v) is 23.9. The molecule has 12 aromatic rings. The fourth-order valence-corrected chi connectivity index (χ4v) is 18.5. The second-order valence-electron chi connectivity index (χ2n) is 28.9. The molecule has 7 aromatic carbocycles. The van der Waals surface area contributed by atoms with Crippen LogP contribution < -0.4 is 0 Å². The van der Waals surface area contributed by atoms with E-state index in [9.17, 15) is 26.3 Å². The van der Waals surface area contributed by atoms with Gasteiger partial charge in [0.05, 0.1) is 22.8 Å². The molecule has 5 heterocycles. The Balaban J connectivity index is 0.000000150. The zero-order chi connectivity index (χ0) is 68.0. The molecule has 12 heteroatoms. The number of alkyl halides is 6. The number of rotatable bonds is 2. The number of benzene rings is 7. The molecule has 0 saturated heterocycles. The highest BCUT2D eigenvalue weighted by atomic mass is 32.1. The van der Waals surface area contributed by atoms with Gasteiger partial charge in [0.1, 0.15) is 0 Å². The van der Waals surface area contributed by atoms with Gasteiger partial charge in [-0.2, -0.15) is 31.6 Å². The molecule has 92 heavy (non-hydrogen) atoms. The Hall–Kier alpha value is -6.59. The second-order valence-corrected chi connectivity index (χ2v) is 34.4. The van der Waals surface area contributed by atoms with Gasteiger partial charge in [-0.25, -0.2) is 0 Å². The predicted molar refractivity (Wildman–Crippen MR) is 392 cm³/mol. The third-order valence-electron chi connectivity index (χ3n) is 16.1. The van der Waals surface area contributed by atoms with E-state index in [-0.39, 0.29) is 27.1 Å². The van der Waals surface area contributed by atoms with Crippen LogP contribution in [0.15, 0.2) is 152 Å². The van der Waals surface area contributed by atoms with Crippen LogP contribution in [-0.2, 0) is 39.4 Å². The van der Waals surface area contributed by atoms with Crippen molar-refractivity contribution in [2.24, 2.45) is 0 Å². The van der Waals surface area contributed by atoms with Gasteiger partial charge >= 0.3 is 12.4 Å². The number of hydrogen-bond acceptors (Lipinski definition) is 6. The van der Waals surface area contributed by atoms with Crippen LogP contribution in [0.3, 0.4) is 0 Å². The summed E-state index contributed by atoms with van der Waals surface area (Å²) >= 11 is 8.88. The molecule has 0 unspecified atom stereocenters. The largest absolute Gasteiger partial charge is 0.416 e. The first-order chi connectivity index (χ1) is 42.6. The minimum absolute atomic E-state index is 0.0355. The highest BCUT2D eigenvalue weighted by Gasteiger charge is 2.33. The summed E-state index contributed by atoms with van der Waals surface area (Å²) in [5.74, 6) is 0. The Morgan fingerprint density at radius 1 is 0.304 bits per heavy atom. The first-order valence-corrected chi connectivity index (χ1v) is 35.0. The lowest BCUT2D eigenvalue weighted by Gasteiger charge is -2.19. The van der Waals surface area contributed by atoms with Crippen molar-refractivity contribution in [1.29, 1.82) is 5.26 Å². The van der Waals surface area contributed by atoms with Gasteiger partial charge in [-0.15, -0.1) is 56.7 Å². The van der Waals surface area contributed by atoms with E-state index < -0.39 is 23.5 Å². The molecule has 0 aliphatic rings. The zero-order valence-corrected chi connectivity index (χ0v) is 60.8. The van der Waals surface area contributed by atoms with E-state index in [1.54, 1.807) is 17.4 Å². The molecule has 0 bridgehead atoms. The predicted octanol–water partition coefficient (Wildman–Crippen LogP) is 27.8. The zero-order valence-electron chi connectivity index (χ0n) is 56.7. The van der Waals surface area contributed by atoms with E-state index in [1.165, 1.54) is 123 Å². The number of fused-ring (bicyclic) bond motifs is 5. The van der Waals surface area contributed by atoms with Crippen LogP contribution in [0.2, 0.25) is 0 Å². The summed E-state index contributed by atoms with van der Waals surface area (Å²) < 4.78 is 82.0. The van der Waals surface area contributed by atoms with Gasteiger partial charge in [0.25, 0.3) is 0 Å². The van der Waals surface area contributed by atoms with Crippen molar-refractivity contribution < 1.29 is 26.3 Å². The number of aryl methyl sites for hydroxylation is 5. The van der Waals surface area contributed by atoms with Crippen LogP contribution in [0.1, 0.15) is 173 Å². The van der Waals surface area contributed by atoms with Gasteiger partial charge in [0, 0.05) is 47.9 Å². The van der Waals surface area contributed by atoms with Gasteiger partial charge in [0.15, 0.2) is 0 Å². The first kappa shape index (κ1) is 71.3. The monoisotopic (exact) mass is 1330 g/mol. The minimum atomic E-state index is -4.30. The number of nitriles is 1. The SMILES string of the molecule is Cc1c(C(C)(C)C)sc2cc(-c3ccccc3)ccc12.Cc1c(C(C)(C)C)sc2cc(C#N)ccc12.Cc1c(C(C)(C)C)sc2cc(C(F)(F)F)ccc12.Cc1c(C(C)(C)C)sc2ccccc12.Cc1sc2cc(-c3ccc(C(F)(F)F)cc3)ccc2c1C(C)(C)C. The fourth-order valence-electron chi connectivity index (χ4n) is 12.0. The molecule has 5 aromatic heterocycles. The van der Waals surface area contributed by atoms with Crippen molar-refractivity contribution in [1.82, 2.24) is 0 Å². The van der Waals surface area contributed by atoms with Crippen molar-refractivity contribution in [3.8, 4) is 28.3 Å². The Kier molecular flexibility index (Phi) is 20.9. The molecule has 0 N–H and O–H groups in total. The Bertz CT molecular complexity index is 4610. The summed E-state index contributed by atoms with van der Waals surface area (Å²) in [4.78, 5) is 6.87. The van der Waals surface area contributed by atoms with E-state index in [0.29, 0.717) is 4.70 Å². The lowest BCUT2D eigenvalue weighted by molar-refractivity contribution is -0.138. The highest BCUT2D eigenvalue weighted by Crippen LogP contribution is 2.45. The number of halogens is 6. The molecular formula is C80H85F6NS5. The highest BCUT2D eigenvalue weighted by molar-refractivity contribution is 7.20. The van der Waals surface area contributed by atoms with Crippen LogP contribution in [0.4, 0.5) is 26.3 Å². The van der Waals surface area contributed by atoms with Gasteiger partial charge in [-0.1, -0.05) is 201 Å². The number of nitrogens with zero attached hydrogens (tertiary/aromatic N) is 1. The van der Waals surface area contributed by atoms with E-state index in [0.717, 1.165) is 50.7 Å². The van der Waals surface area contributed by atoms with Crippen LogP contribution >= 0.6 is 56.7 Å². The Morgan fingerprint density at radius 2 is 0.641 bits per heavy atom. The van der Waals surface area contributed by atoms with E-state index in [4.69, 9.17) is 5.26 Å². The van der Waals surface area contributed by atoms with E-state index in [2.05, 4.69) is 229 Å². The molecule has 12 rings (SSSR count). The van der Waals surface area contributed by atoms with E-state index in [1.807, 2.05) is 59.1 Å². The molecule has 0 amide bonds. The third kappa shape index (κ3) is 16.3. The lowest BCUT2D eigenvalue weighted by Crippen LogP contribution is -2.11. The van der Waals surface area contributed by atoms with Crippen LogP contribution in [-0.4, -0.2) is 0 Å². The fraction of sp³-hybridized carbons (Fsp3) is 0.338. The molecule has 0 aliphatic carbocycles. The summed E-state index contributed by atoms with van der Waals surface area (Å²) in [6.07, 6.45) is -8.57. The topological polar surface area (TPSA) is 23.8 Å². The first-order valence-electron chi connectivity index (χ1n) is 30.9. The molecule has 0 aliphatic heterocycles. The normalized spacial score (nSPS) is 12.4. The minimum Gasteiger partial charge on any atom is -0.192 e. The molecule has 0 fully saturated rings. The molecule has 1 nitrogen and oxygen atoms in total. The molecule has 0 spiro atoms. The average molecular weight is 1330 g/mol. The second kappa shape index (κ2) is 27.0. The molecule has 0 radical (unpaired) electrons. The Labute approximate surface area is 561 Å². The Morgan fingerprint density at radius 3 is 1.07 bits per heavy atom. The van der Waals surface area contributed by atoms with Crippen molar-refractivity contribution in [3.05, 3.63) is 221 Å². The van der Waals surface area contributed by atoms with Crippen molar-refractivity contribution in [2.45, 2.75) is 178 Å². The van der Waals surface area contributed by atoms with Crippen molar-refractivity contribution >= 4 is 107 Å².